The number of nitrogens with two attached hydrogens (primary N) is 1. The average molecular weight is 217 g/mol. The molecule has 2 rings (SSSR count). The van der Waals surface area contributed by atoms with Gasteiger partial charge in [0, 0.05) is 6.04 Å². The van der Waals surface area contributed by atoms with Crippen LogP contribution in [-0.4, -0.2) is 6.04 Å². The smallest absolute Gasteiger partial charge is 0.0108 e. The summed E-state index contributed by atoms with van der Waals surface area (Å²) < 4.78 is 0. The number of benzene rings is 1. The molecule has 0 saturated heterocycles. The van der Waals surface area contributed by atoms with E-state index in [1.165, 1.54) is 36.0 Å². The molecule has 3 unspecified atom stereocenters. The molecule has 1 nitrogen and oxygen atoms in total. The van der Waals surface area contributed by atoms with Crippen LogP contribution in [0, 0.1) is 19.8 Å². The maximum absolute atomic E-state index is 6.27. The van der Waals surface area contributed by atoms with E-state index < -0.39 is 0 Å². The van der Waals surface area contributed by atoms with Gasteiger partial charge >= 0.3 is 0 Å². The van der Waals surface area contributed by atoms with E-state index in [0.717, 1.165) is 5.92 Å². The Hall–Kier alpha value is -0.820. The Bertz CT molecular complexity index is 349. The molecule has 0 bridgehead atoms. The lowest BCUT2D eigenvalue weighted by Crippen LogP contribution is -2.34. The van der Waals surface area contributed by atoms with Gasteiger partial charge in [0.2, 0.25) is 0 Å². The van der Waals surface area contributed by atoms with Crippen LogP contribution in [0.25, 0.3) is 0 Å². The van der Waals surface area contributed by atoms with E-state index >= 15 is 0 Å². The van der Waals surface area contributed by atoms with E-state index in [4.69, 9.17) is 5.73 Å². The van der Waals surface area contributed by atoms with E-state index in [1.54, 1.807) is 0 Å². The van der Waals surface area contributed by atoms with Crippen molar-refractivity contribution in [2.45, 2.75) is 52.0 Å². The molecule has 1 saturated carbocycles. The number of hydrogen-bond donors (Lipinski definition) is 1. The van der Waals surface area contributed by atoms with Crippen molar-refractivity contribution in [3.63, 3.8) is 0 Å². The van der Waals surface area contributed by atoms with Gasteiger partial charge in [0.1, 0.15) is 0 Å². The Morgan fingerprint density at radius 3 is 2.31 bits per heavy atom. The average Bonchev–Trinajstić information content (AvgIpc) is 2.20. The van der Waals surface area contributed by atoms with Gasteiger partial charge in [0.05, 0.1) is 0 Å². The quantitative estimate of drug-likeness (QED) is 0.765. The summed E-state index contributed by atoms with van der Waals surface area (Å²) in [5, 5.41) is 0. The normalized spacial score (nSPS) is 30.4. The SMILES string of the molecule is Cc1cc(C)cc(C2CC(C)CCC2N)c1. The minimum Gasteiger partial charge on any atom is -0.327 e. The second kappa shape index (κ2) is 4.58. The van der Waals surface area contributed by atoms with Crippen LogP contribution in [-0.2, 0) is 0 Å². The largest absolute Gasteiger partial charge is 0.327 e. The van der Waals surface area contributed by atoms with Crippen LogP contribution in [0.2, 0.25) is 0 Å². The highest BCUT2D eigenvalue weighted by molar-refractivity contribution is 5.32. The van der Waals surface area contributed by atoms with Crippen molar-refractivity contribution in [2.75, 3.05) is 0 Å². The first-order valence-corrected chi connectivity index (χ1v) is 6.40. The van der Waals surface area contributed by atoms with Gasteiger partial charge in [-0.25, -0.2) is 0 Å². The van der Waals surface area contributed by atoms with Crippen LogP contribution in [0.15, 0.2) is 18.2 Å². The summed E-state index contributed by atoms with van der Waals surface area (Å²) in [5.41, 5.74) is 10.5. The summed E-state index contributed by atoms with van der Waals surface area (Å²) in [5.74, 6) is 1.40. The maximum atomic E-state index is 6.27. The van der Waals surface area contributed by atoms with Crippen LogP contribution < -0.4 is 5.73 Å². The van der Waals surface area contributed by atoms with Crippen molar-refractivity contribution in [3.8, 4) is 0 Å². The lowest BCUT2D eigenvalue weighted by molar-refractivity contribution is 0.306. The van der Waals surface area contributed by atoms with Crippen molar-refractivity contribution in [1.82, 2.24) is 0 Å². The lowest BCUT2D eigenvalue weighted by atomic mass is 9.75. The highest BCUT2D eigenvalue weighted by atomic mass is 14.7. The van der Waals surface area contributed by atoms with Crippen LogP contribution in [0.1, 0.15) is 48.8 Å². The van der Waals surface area contributed by atoms with E-state index in [0.29, 0.717) is 12.0 Å². The summed E-state index contributed by atoms with van der Waals surface area (Å²) in [4.78, 5) is 0. The summed E-state index contributed by atoms with van der Waals surface area (Å²) in [7, 11) is 0. The Morgan fingerprint density at radius 1 is 1.06 bits per heavy atom. The van der Waals surface area contributed by atoms with E-state index in [1.807, 2.05) is 0 Å². The van der Waals surface area contributed by atoms with Crippen molar-refractivity contribution in [3.05, 3.63) is 34.9 Å². The fourth-order valence-corrected chi connectivity index (χ4v) is 3.01. The van der Waals surface area contributed by atoms with Gasteiger partial charge in [-0.15, -0.1) is 0 Å². The molecule has 1 aromatic carbocycles. The third-order valence-corrected chi connectivity index (χ3v) is 3.84. The molecule has 0 spiro atoms. The van der Waals surface area contributed by atoms with Gasteiger partial charge in [0.15, 0.2) is 0 Å². The van der Waals surface area contributed by atoms with Gasteiger partial charge < -0.3 is 5.73 Å². The summed E-state index contributed by atoms with van der Waals surface area (Å²) in [6.07, 6.45) is 3.73. The van der Waals surface area contributed by atoms with Crippen LogP contribution in [0.5, 0.6) is 0 Å². The van der Waals surface area contributed by atoms with Gasteiger partial charge in [-0.3, -0.25) is 0 Å². The zero-order valence-electron chi connectivity index (χ0n) is 10.7. The molecular formula is C15H23N. The molecule has 1 heteroatoms. The summed E-state index contributed by atoms with van der Waals surface area (Å²) in [6.45, 7) is 6.70. The van der Waals surface area contributed by atoms with E-state index in [9.17, 15) is 0 Å². The topological polar surface area (TPSA) is 26.0 Å². The third-order valence-electron chi connectivity index (χ3n) is 3.84. The molecule has 0 aromatic heterocycles. The van der Waals surface area contributed by atoms with Crippen molar-refractivity contribution in [2.24, 2.45) is 11.7 Å². The zero-order chi connectivity index (χ0) is 11.7. The maximum Gasteiger partial charge on any atom is 0.0108 e. The number of rotatable bonds is 1. The van der Waals surface area contributed by atoms with Gasteiger partial charge in [0.25, 0.3) is 0 Å². The molecule has 0 amide bonds. The molecule has 3 atom stereocenters. The van der Waals surface area contributed by atoms with Crippen molar-refractivity contribution >= 4 is 0 Å². The molecule has 16 heavy (non-hydrogen) atoms. The van der Waals surface area contributed by atoms with Crippen molar-refractivity contribution < 1.29 is 0 Å². The molecule has 88 valence electrons. The fraction of sp³-hybridized carbons (Fsp3) is 0.600. The minimum absolute atomic E-state index is 0.359. The number of aryl methyl sites for hydroxylation is 2. The summed E-state index contributed by atoms with van der Waals surface area (Å²) >= 11 is 0. The first-order valence-electron chi connectivity index (χ1n) is 6.40. The Kier molecular flexibility index (Phi) is 3.34. The molecule has 0 heterocycles. The molecule has 1 aliphatic rings. The Balaban J connectivity index is 2.27. The molecule has 1 fully saturated rings. The second-order valence-corrected chi connectivity index (χ2v) is 5.61. The third kappa shape index (κ3) is 2.46. The highest BCUT2D eigenvalue weighted by Gasteiger charge is 2.27. The standard InChI is InChI=1S/C15H23N/c1-10-4-5-15(16)14(9-10)13-7-11(2)6-12(3)8-13/h6-8,10,14-15H,4-5,9,16H2,1-3H3. The first kappa shape index (κ1) is 11.7. The van der Waals surface area contributed by atoms with Crippen LogP contribution in [0.3, 0.4) is 0 Å². The second-order valence-electron chi connectivity index (χ2n) is 5.61. The van der Waals surface area contributed by atoms with E-state index in [-0.39, 0.29) is 0 Å². The van der Waals surface area contributed by atoms with Crippen molar-refractivity contribution in [1.29, 1.82) is 0 Å². The molecule has 2 N–H and O–H groups in total. The van der Waals surface area contributed by atoms with Gasteiger partial charge in [-0.1, -0.05) is 36.2 Å². The summed E-state index contributed by atoms with van der Waals surface area (Å²) in [6, 6.07) is 7.23. The lowest BCUT2D eigenvalue weighted by Gasteiger charge is -2.33. The minimum atomic E-state index is 0.359. The molecule has 1 aliphatic carbocycles. The molecular weight excluding hydrogens is 194 g/mol. The Morgan fingerprint density at radius 2 is 1.69 bits per heavy atom. The Labute approximate surface area is 99.0 Å². The van der Waals surface area contributed by atoms with E-state index in [2.05, 4.69) is 39.0 Å². The molecule has 0 radical (unpaired) electrons. The van der Waals surface area contributed by atoms with Crippen LogP contribution >= 0.6 is 0 Å². The predicted octanol–water partition coefficient (Wildman–Crippen LogP) is 3.53. The zero-order valence-corrected chi connectivity index (χ0v) is 10.7. The fourth-order valence-electron chi connectivity index (χ4n) is 3.01. The predicted molar refractivity (Wildman–Crippen MR) is 69.6 cm³/mol. The first-order chi connectivity index (χ1) is 7.56. The number of hydrogen-bond acceptors (Lipinski definition) is 1. The van der Waals surface area contributed by atoms with Gasteiger partial charge in [-0.05, 0) is 50.5 Å². The monoisotopic (exact) mass is 217 g/mol. The molecule has 1 aromatic rings. The highest BCUT2D eigenvalue weighted by Crippen LogP contribution is 2.35. The molecule has 0 aliphatic heterocycles. The van der Waals surface area contributed by atoms with Crippen LogP contribution in [0.4, 0.5) is 0 Å². The van der Waals surface area contributed by atoms with Gasteiger partial charge in [-0.2, -0.15) is 0 Å².